The predicted molar refractivity (Wildman–Crippen MR) is 76.4 cm³/mol. The molecule has 1 atom stereocenters. The molecule has 104 valence electrons. The molecular weight excluding hydrogens is 242 g/mol. The molecule has 1 aromatic rings. The van der Waals surface area contributed by atoms with Gasteiger partial charge >= 0.3 is 0 Å². The summed E-state index contributed by atoms with van der Waals surface area (Å²) < 4.78 is 0. The van der Waals surface area contributed by atoms with Gasteiger partial charge in [-0.2, -0.15) is 0 Å². The van der Waals surface area contributed by atoms with Crippen molar-refractivity contribution in [3.05, 3.63) is 29.3 Å². The minimum Gasteiger partial charge on any atom is -0.409 e. The van der Waals surface area contributed by atoms with Crippen molar-refractivity contribution in [1.82, 2.24) is 0 Å². The van der Waals surface area contributed by atoms with E-state index in [-0.39, 0.29) is 11.7 Å². The number of nitrogens with one attached hydrogen (secondary N) is 1. The van der Waals surface area contributed by atoms with Crippen molar-refractivity contribution in [1.29, 1.82) is 0 Å². The smallest absolute Gasteiger partial charge is 0.235 e. The summed E-state index contributed by atoms with van der Waals surface area (Å²) in [7, 11) is 0. The maximum atomic E-state index is 12.1. The normalized spacial score (nSPS) is 13.1. The number of oxime groups is 1. The van der Waals surface area contributed by atoms with E-state index >= 15 is 0 Å². The van der Waals surface area contributed by atoms with E-state index < -0.39 is 5.92 Å². The van der Waals surface area contributed by atoms with E-state index in [0.29, 0.717) is 6.42 Å². The number of hydrogen-bond donors (Lipinski definition) is 3. The molecule has 0 saturated carbocycles. The molecule has 0 aromatic heterocycles. The number of hydrogen-bond acceptors (Lipinski definition) is 3. The van der Waals surface area contributed by atoms with Crippen molar-refractivity contribution in [2.45, 2.75) is 33.6 Å². The van der Waals surface area contributed by atoms with Gasteiger partial charge in [-0.05, 0) is 43.5 Å². The fourth-order valence-electron chi connectivity index (χ4n) is 2.05. The number of carbonyl (C=O) groups excluding carboxylic acids is 1. The highest BCUT2D eigenvalue weighted by molar-refractivity contribution is 6.07. The lowest BCUT2D eigenvalue weighted by Crippen LogP contribution is -2.34. The van der Waals surface area contributed by atoms with Crippen molar-refractivity contribution in [2.24, 2.45) is 16.8 Å². The van der Waals surface area contributed by atoms with E-state index in [2.05, 4.69) is 10.5 Å². The van der Waals surface area contributed by atoms with Crippen LogP contribution in [0.15, 0.2) is 23.4 Å². The maximum Gasteiger partial charge on any atom is 0.235 e. The molecular formula is C14H21N3O2. The summed E-state index contributed by atoms with van der Waals surface area (Å²) in [5.74, 6) is -0.901. The lowest BCUT2D eigenvalue weighted by Gasteiger charge is -2.15. The first-order chi connectivity index (χ1) is 8.97. The Morgan fingerprint density at radius 1 is 1.37 bits per heavy atom. The SMILES string of the molecule is CCCC(C(=O)Nc1cc(C)cc(C)c1)C(N)=NO. The average Bonchev–Trinajstić information content (AvgIpc) is 2.33. The minimum absolute atomic E-state index is 0.0521. The Morgan fingerprint density at radius 3 is 2.42 bits per heavy atom. The standard InChI is InChI=1S/C14H21N3O2/c1-4-5-12(13(15)17-19)14(18)16-11-7-9(2)6-10(3)8-11/h6-8,12,19H,4-5H2,1-3H3,(H2,15,17)(H,16,18). The number of benzene rings is 1. The van der Waals surface area contributed by atoms with Gasteiger partial charge in [-0.15, -0.1) is 0 Å². The Kier molecular flexibility index (Phi) is 5.36. The van der Waals surface area contributed by atoms with E-state index in [1.807, 2.05) is 39.0 Å². The Balaban J connectivity index is 2.87. The highest BCUT2D eigenvalue weighted by atomic mass is 16.4. The number of nitrogens with two attached hydrogens (primary N) is 1. The molecule has 5 heteroatoms. The van der Waals surface area contributed by atoms with E-state index in [0.717, 1.165) is 23.2 Å². The first kappa shape index (κ1) is 15.0. The minimum atomic E-state index is -0.601. The average molecular weight is 263 g/mol. The first-order valence-electron chi connectivity index (χ1n) is 6.34. The van der Waals surface area contributed by atoms with Crippen LogP contribution in [0, 0.1) is 19.8 Å². The number of aryl methyl sites for hydroxylation is 2. The maximum absolute atomic E-state index is 12.1. The van der Waals surface area contributed by atoms with E-state index in [9.17, 15) is 4.79 Å². The van der Waals surface area contributed by atoms with Crippen molar-refractivity contribution >= 4 is 17.4 Å². The van der Waals surface area contributed by atoms with Gasteiger partial charge in [0.1, 0.15) is 0 Å². The summed E-state index contributed by atoms with van der Waals surface area (Å²) in [5, 5.41) is 14.5. The quantitative estimate of drug-likeness (QED) is 0.330. The number of nitrogens with zero attached hydrogens (tertiary/aromatic N) is 1. The lowest BCUT2D eigenvalue weighted by molar-refractivity contribution is -0.118. The molecule has 19 heavy (non-hydrogen) atoms. The van der Waals surface area contributed by atoms with Crippen LogP contribution in [0.2, 0.25) is 0 Å². The van der Waals surface area contributed by atoms with Gasteiger partial charge in [0.25, 0.3) is 0 Å². The third-order valence-electron chi connectivity index (χ3n) is 2.86. The number of amides is 1. The number of anilines is 1. The van der Waals surface area contributed by atoms with Gasteiger partial charge in [0.05, 0.1) is 5.92 Å². The van der Waals surface area contributed by atoms with Crippen molar-refractivity contribution in [3.63, 3.8) is 0 Å². The molecule has 0 aliphatic heterocycles. The van der Waals surface area contributed by atoms with E-state index in [1.54, 1.807) is 0 Å². The second kappa shape index (κ2) is 6.78. The summed E-state index contributed by atoms with van der Waals surface area (Å²) in [5.41, 5.74) is 8.44. The monoisotopic (exact) mass is 263 g/mol. The zero-order valence-corrected chi connectivity index (χ0v) is 11.6. The van der Waals surface area contributed by atoms with Gasteiger partial charge in [-0.25, -0.2) is 0 Å². The second-order valence-electron chi connectivity index (χ2n) is 4.73. The molecule has 5 nitrogen and oxygen atoms in total. The zero-order valence-electron chi connectivity index (χ0n) is 11.6. The summed E-state index contributed by atoms with van der Waals surface area (Å²) in [6.45, 7) is 5.88. The van der Waals surface area contributed by atoms with Crippen molar-refractivity contribution < 1.29 is 10.0 Å². The second-order valence-corrected chi connectivity index (χ2v) is 4.73. The number of rotatable bonds is 5. The predicted octanol–water partition coefficient (Wildman–Crippen LogP) is 2.40. The van der Waals surface area contributed by atoms with Gasteiger partial charge in [-0.1, -0.05) is 24.6 Å². The number of amidine groups is 1. The lowest BCUT2D eigenvalue weighted by atomic mass is 10.0. The van der Waals surface area contributed by atoms with Crippen LogP contribution >= 0.6 is 0 Å². The largest absolute Gasteiger partial charge is 0.409 e. The fraction of sp³-hybridized carbons (Fsp3) is 0.429. The van der Waals surface area contributed by atoms with Crippen LogP contribution in [0.1, 0.15) is 30.9 Å². The van der Waals surface area contributed by atoms with Crippen LogP contribution in [0.4, 0.5) is 5.69 Å². The molecule has 0 radical (unpaired) electrons. The molecule has 1 rings (SSSR count). The van der Waals surface area contributed by atoms with Crippen LogP contribution in [0.3, 0.4) is 0 Å². The van der Waals surface area contributed by atoms with E-state index in [1.165, 1.54) is 0 Å². The molecule has 1 aromatic carbocycles. The van der Waals surface area contributed by atoms with Crippen LogP contribution in [0.25, 0.3) is 0 Å². The molecule has 1 amide bonds. The van der Waals surface area contributed by atoms with Crippen LogP contribution in [-0.4, -0.2) is 17.0 Å². The molecule has 4 N–H and O–H groups in total. The van der Waals surface area contributed by atoms with E-state index in [4.69, 9.17) is 10.9 Å². The molecule has 0 aliphatic rings. The molecule has 1 unspecified atom stereocenters. The summed E-state index contributed by atoms with van der Waals surface area (Å²) in [4.78, 5) is 12.1. The van der Waals surface area contributed by atoms with Crippen molar-refractivity contribution in [2.75, 3.05) is 5.32 Å². The first-order valence-corrected chi connectivity index (χ1v) is 6.34. The van der Waals surface area contributed by atoms with Gasteiger partial charge in [0, 0.05) is 5.69 Å². The Bertz CT molecular complexity index is 463. The van der Waals surface area contributed by atoms with Crippen molar-refractivity contribution in [3.8, 4) is 0 Å². The molecule has 0 spiro atoms. The molecule has 0 fully saturated rings. The molecule has 0 bridgehead atoms. The number of carbonyl (C=O) groups is 1. The van der Waals surface area contributed by atoms with Crippen LogP contribution in [-0.2, 0) is 4.79 Å². The van der Waals surface area contributed by atoms with Gasteiger partial charge in [-0.3, -0.25) is 4.79 Å². The summed E-state index contributed by atoms with van der Waals surface area (Å²) >= 11 is 0. The Hall–Kier alpha value is -2.04. The van der Waals surface area contributed by atoms with Crippen LogP contribution in [0.5, 0.6) is 0 Å². The molecule has 0 saturated heterocycles. The summed E-state index contributed by atoms with van der Waals surface area (Å²) in [6, 6.07) is 5.81. The molecule has 0 heterocycles. The van der Waals surface area contributed by atoms with Gasteiger partial charge in [0.15, 0.2) is 5.84 Å². The topological polar surface area (TPSA) is 87.7 Å². The Morgan fingerprint density at radius 2 is 1.95 bits per heavy atom. The Labute approximate surface area is 113 Å². The molecule has 0 aliphatic carbocycles. The summed E-state index contributed by atoms with van der Waals surface area (Å²) in [6.07, 6.45) is 1.33. The van der Waals surface area contributed by atoms with Gasteiger partial charge < -0.3 is 16.3 Å². The third-order valence-corrected chi connectivity index (χ3v) is 2.86. The highest BCUT2D eigenvalue weighted by Gasteiger charge is 2.22. The fourth-order valence-corrected chi connectivity index (χ4v) is 2.05. The highest BCUT2D eigenvalue weighted by Crippen LogP contribution is 2.16. The van der Waals surface area contributed by atoms with Gasteiger partial charge in [0.2, 0.25) is 5.91 Å². The van der Waals surface area contributed by atoms with Crippen LogP contribution < -0.4 is 11.1 Å². The zero-order chi connectivity index (χ0) is 14.4. The third kappa shape index (κ3) is 4.28.